The van der Waals surface area contributed by atoms with E-state index in [4.69, 9.17) is 50.6 Å². The van der Waals surface area contributed by atoms with Crippen molar-refractivity contribution in [1.82, 2.24) is 10.6 Å². The molecule has 15 nitrogen and oxygen atoms in total. The van der Waals surface area contributed by atoms with Crippen LogP contribution >= 0.6 is 0 Å². The highest BCUT2D eigenvalue weighted by atomic mass is 28.5. The van der Waals surface area contributed by atoms with Crippen LogP contribution in [0.4, 0.5) is 0 Å². The summed E-state index contributed by atoms with van der Waals surface area (Å²) in [5.41, 5.74) is 15.5. The van der Waals surface area contributed by atoms with E-state index < -0.39 is 62.6 Å². The largest absolute Gasteiger partial charge is 0.437 e. The van der Waals surface area contributed by atoms with Crippen molar-refractivity contribution in [2.24, 2.45) is 5.73 Å². The molecule has 0 radical (unpaired) electrons. The second-order valence-corrected chi connectivity index (χ2v) is 56.5. The molecule has 21 heteroatoms. The van der Waals surface area contributed by atoms with Gasteiger partial charge in [0.25, 0.3) is 0 Å². The molecule has 2 aliphatic heterocycles. The predicted molar refractivity (Wildman–Crippen MR) is 409 cm³/mol. The maximum Gasteiger partial charge on any atom is 0.311 e. The fourth-order valence-corrected chi connectivity index (χ4v) is 39.5. The molecule has 0 aromatic heterocycles. The zero-order chi connectivity index (χ0) is 70.8. The second kappa shape index (κ2) is 39.5. The van der Waals surface area contributed by atoms with Crippen molar-refractivity contribution >= 4 is 67.1 Å². The van der Waals surface area contributed by atoms with Crippen LogP contribution in [0, 0.1) is 0 Å². The fraction of sp³-hybridized carbons (Fsp3) is 0.671. The first-order valence-electron chi connectivity index (χ1n) is 34.7. The average molecular weight is 1410 g/mol. The van der Waals surface area contributed by atoms with E-state index in [1.54, 1.807) is 0 Å². The summed E-state index contributed by atoms with van der Waals surface area (Å²) >= 11 is 0. The number of hydrogen-bond acceptors (Lipinski definition) is 15. The molecular weight excluding hydrogens is 1280 g/mol. The summed E-state index contributed by atoms with van der Waals surface area (Å²) in [6, 6.07) is 29.2. The van der Waals surface area contributed by atoms with Gasteiger partial charge in [-0.25, -0.2) is 0 Å². The third-order valence-corrected chi connectivity index (χ3v) is 39.2. The number of hydrogen-bond donors (Lipinski definition) is 5. The molecule has 0 saturated carbocycles. The van der Waals surface area contributed by atoms with E-state index in [1.165, 1.54) is 11.1 Å². The Bertz CT molecular complexity index is 2580. The minimum Gasteiger partial charge on any atom is -0.437 e. The highest BCUT2D eigenvalue weighted by Gasteiger charge is 2.41. The molecule has 3 aromatic carbocycles. The van der Waals surface area contributed by atoms with Crippen LogP contribution < -0.4 is 16.4 Å². The van der Waals surface area contributed by atoms with Gasteiger partial charge in [-0.15, -0.1) is 0 Å². The summed E-state index contributed by atoms with van der Waals surface area (Å²) in [6.45, 7) is 65.2. The van der Waals surface area contributed by atoms with E-state index >= 15 is 0 Å². The number of rotatable bonds is 45. The SMILES string of the molecule is C=C(C)c1cccc(C(C)(C)NCC(O)COCCC[Si](C)(C)O[Si](C)(C)O[Si](C)(C)CCCOCC(O)CNC(C)(C)c2cccc(C(=C)C)c2)c1.C=C(C)c1ccccc1CC(C)(C)N.C[Si](C)(CCCOCC1CO1)O[Si](C)(C)O[Si](C)(C)CCCOCC1CO1. The van der Waals surface area contributed by atoms with Crippen LogP contribution in [0.25, 0.3) is 16.7 Å². The molecule has 536 valence electrons. The van der Waals surface area contributed by atoms with Gasteiger partial charge in [-0.3, -0.25) is 0 Å². The molecule has 0 amide bonds. The summed E-state index contributed by atoms with van der Waals surface area (Å²) in [6.07, 6.45) is 4.30. The molecule has 2 saturated heterocycles. The van der Waals surface area contributed by atoms with E-state index in [0.717, 1.165) is 135 Å². The van der Waals surface area contributed by atoms with Gasteiger partial charge in [0, 0.05) is 56.1 Å². The Hall–Kier alpha value is -2.42. The standard InChI is InChI=1S/C42H74N2O6Si3.C18H40O6Si3.C13H19N/c1-33(2)35-19-15-21-37(27-35)41(5,6)43-29-39(45)31-47-23-17-25-51(9,10)49-53(13,14)50-52(11,12)26-18-24-48-32-40(46)30-44-42(7,8)38-22-16-20-36(28-38)34(3)4;1-25(2,11-7-9-19-13-17-15-21-17)23-27(5,6)24-26(3,4)12-8-10-20-14-18-16-22-18;1-10(2)12-8-6-5-7-11(12)9-13(3,4)14/h15-16,19-22,27-28,39-40,43-46H,1,3,17-18,23-26,29-32H2,2,4-14H3;17-18H,7-16H2,1-6H3;5-8H,1,9,14H2,2-4H3. The Morgan fingerprint density at radius 1 is 0.511 bits per heavy atom. The van der Waals surface area contributed by atoms with Crippen LogP contribution in [0.5, 0.6) is 0 Å². The van der Waals surface area contributed by atoms with Gasteiger partial charge in [0.15, 0.2) is 33.3 Å². The minimum absolute atomic E-state index is 0.161. The highest BCUT2D eigenvalue weighted by Crippen LogP contribution is 2.30. The van der Waals surface area contributed by atoms with E-state index in [0.29, 0.717) is 51.7 Å². The van der Waals surface area contributed by atoms with Crippen LogP contribution in [-0.4, -0.2) is 170 Å². The molecule has 3 aromatic rings. The lowest BCUT2D eigenvalue weighted by Gasteiger charge is -2.39. The van der Waals surface area contributed by atoms with E-state index in [-0.39, 0.29) is 16.6 Å². The van der Waals surface area contributed by atoms with Crippen LogP contribution in [0.1, 0.15) is 121 Å². The molecule has 5 rings (SSSR count). The third-order valence-electron chi connectivity index (χ3n) is 16.2. The zero-order valence-electron chi connectivity index (χ0n) is 62.8. The average Bonchev–Trinajstić information content (AvgIpc) is 1.74. The number of aliphatic hydroxyl groups is 2. The number of aliphatic hydroxyl groups excluding tert-OH is 2. The maximum atomic E-state index is 10.6. The Morgan fingerprint density at radius 3 is 1.15 bits per heavy atom. The first-order valence-corrected chi connectivity index (χ1v) is 52.8. The highest BCUT2D eigenvalue weighted by molar-refractivity contribution is 6.88. The molecule has 0 bridgehead atoms. The Balaban J connectivity index is 0.000000458. The van der Waals surface area contributed by atoms with Crippen molar-refractivity contribution in [3.05, 3.63) is 126 Å². The third kappa shape index (κ3) is 38.2. The quantitative estimate of drug-likeness (QED) is 0.0204. The summed E-state index contributed by atoms with van der Waals surface area (Å²) in [5.74, 6) is 0. The second-order valence-electron chi connectivity index (χ2n) is 31.5. The molecule has 0 spiro atoms. The van der Waals surface area contributed by atoms with E-state index in [1.807, 2.05) is 46.8 Å². The minimum atomic E-state index is -2.34. The number of allylic oxidation sites excluding steroid dienone is 3. The lowest BCUT2D eigenvalue weighted by atomic mass is 9.91. The van der Waals surface area contributed by atoms with Gasteiger partial charge >= 0.3 is 17.1 Å². The van der Waals surface area contributed by atoms with Gasteiger partial charge < -0.3 is 71.5 Å². The van der Waals surface area contributed by atoms with Crippen LogP contribution in [0.15, 0.2) is 92.5 Å². The number of nitrogens with one attached hydrogen (secondary N) is 2. The van der Waals surface area contributed by atoms with Gasteiger partial charge in [-0.05, 0) is 243 Å². The molecule has 2 heterocycles. The maximum absolute atomic E-state index is 10.6. The van der Waals surface area contributed by atoms with Crippen molar-refractivity contribution in [3.63, 3.8) is 0 Å². The lowest BCUT2D eigenvalue weighted by Crippen LogP contribution is -2.52. The smallest absolute Gasteiger partial charge is 0.311 e. The van der Waals surface area contributed by atoms with E-state index in [9.17, 15) is 10.2 Å². The van der Waals surface area contributed by atoms with Crippen molar-refractivity contribution in [1.29, 1.82) is 0 Å². The van der Waals surface area contributed by atoms with Crippen LogP contribution in [-0.2, 0) is 62.4 Å². The summed E-state index contributed by atoms with van der Waals surface area (Å²) in [7, 11) is -11.9. The Morgan fingerprint density at radius 2 is 0.840 bits per heavy atom. The Labute approximate surface area is 578 Å². The van der Waals surface area contributed by atoms with Gasteiger partial charge in [0.2, 0.25) is 0 Å². The molecular formula is C73H133N3O12Si6. The van der Waals surface area contributed by atoms with Gasteiger partial charge in [-0.2, -0.15) is 0 Å². The van der Waals surface area contributed by atoms with Crippen LogP contribution in [0.2, 0.25) is 103 Å². The number of nitrogens with two attached hydrogens (primary N) is 1. The first-order chi connectivity index (χ1) is 43.4. The van der Waals surface area contributed by atoms with E-state index in [2.05, 4.69) is 197 Å². The predicted octanol–water partition coefficient (Wildman–Crippen LogP) is 15.5. The zero-order valence-corrected chi connectivity index (χ0v) is 68.8. The molecule has 94 heavy (non-hydrogen) atoms. The van der Waals surface area contributed by atoms with Crippen molar-refractivity contribution in [3.8, 4) is 0 Å². The molecule has 6 N–H and O–H groups in total. The molecule has 0 aliphatic carbocycles. The fourth-order valence-electron chi connectivity index (χ4n) is 11.5. The number of epoxide rings is 2. The Kier molecular flexibility index (Phi) is 36.1. The summed E-state index contributed by atoms with van der Waals surface area (Å²) in [5, 5.41) is 28.2. The molecule has 4 atom stereocenters. The first kappa shape index (κ1) is 85.8. The number of ether oxygens (including phenoxy) is 6. The van der Waals surface area contributed by atoms with Gasteiger partial charge in [-0.1, -0.05) is 97.1 Å². The van der Waals surface area contributed by atoms with Crippen molar-refractivity contribution < 1.29 is 55.1 Å². The monoisotopic (exact) mass is 1410 g/mol. The summed E-state index contributed by atoms with van der Waals surface area (Å²) < 4.78 is 60.2. The lowest BCUT2D eigenvalue weighted by molar-refractivity contribution is 0.0335. The molecule has 4 unspecified atom stereocenters. The van der Waals surface area contributed by atoms with Gasteiger partial charge in [0.05, 0.1) is 51.8 Å². The number of benzene rings is 3. The normalized spacial score (nSPS) is 16.3. The molecule has 2 fully saturated rings. The van der Waals surface area contributed by atoms with Crippen molar-refractivity contribution in [2.45, 2.75) is 238 Å². The topological polar surface area (TPSA) is 189 Å². The van der Waals surface area contributed by atoms with Gasteiger partial charge in [0.1, 0.15) is 12.2 Å². The van der Waals surface area contributed by atoms with Crippen LogP contribution in [0.3, 0.4) is 0 Å². The summed E-state index contributed by atoms with van der Waals surface area (Å²) in [4.78, 5) is 0. The molecule has 2 aliphatic rings. The van der Waals surface area contributed by atoms with Crippen molar-refractivity contribution in [2.75, 3.05) is 79.2 Å².